The average molecular weight is 2260 g/mol. The third-order valence-electron chi connectivity index (χ3n) is 19.5. The number of terminal acetylenes is 2. The van der Waals surface area contributed by atoms with Gasteiger partial charge in [0.25, 0.3) is 5.91 Å². The van der Waals surface area contributed by atoms with E-state index in [1.807, 2.05) is 188 Å². The summed E-state index contributed by atoms with van der Waals surface area (Å²) in [5.41, 5.74) is 29.1. The van der Waals surface area contributed by atoms with Gasteiger partial charge >= 0.3 is 42.7 Å². The molecule has 710 valence electrons. The van der Waals surface area contributed by atoms with E-state index in [1.165, 1.54) is 26.9 Å². The van der Waals surface area contributed by atoms with E-state index in [2.05, 4.69) is 198 Å². The van der Waals surface area contributed by atoms with Gasteiger partial charge in [0.1, 0.15) is 28.1 Å². The van der Waals surface area contributed by atoms with Gasteiger partial charge in [-0.1, -0.05) is 55.9 Å². The van der Waals surface area contributed by atoms with Crippen molar-refractivity contribution < 1.29 is 77.8 Å². The van der Waals surface area contributed by atoms with Crippen molar-refractivity contribution in [2.75, 3.05) is 47.6 Å². The summed E-state index contributed by atoms with van der Waals surface area (Å²) in [6.45, 7) is 17.1. The Balaban J connectivity index is 0.000000244. The number of methoxy groups -OCH3 is 3. The summed E-state index contributed by atoms with van der Waals surface area (Å²) in [5, 5.41) is 53.5. The molecule has 0 spiro atoms. The first-order valence-corrected chi connectivity index (χ1v) is 54.6. The van der Waals surface area contributed by atoms with Gasteiger partial charge in [-0.2, -0.15) is 30.6 Å². The molecule has 138 heavy (non-hydrogen) atoms. The molecular weight excluding hydrogens is 2160 g/mol. The molecule has 0 aliphatic heterocycles. The molecule has 17 rings (SSSR count). The number of nitrogens with one attached hydrogen (secondary N) is 1. The number of aromatic nitrogens is 18. The molecule has 17 aromatic rings. The third kappa shape index (κ3) is 35.5. The number of imidazole rings is 6. The summed E-state index contributed by atoms with van der Waals surface area (Å²) in [5.74, 6) is 6.57. The molecule has 0 aliphatic rings. The van der Waals surface area contributed by atoms with Crippen LogP contribution in [0.1, 0.15) is 130 Å². The smallest absolute Gasteiger partial charge is 0.870 e. The first kappa shape index (κ1) is 114. The fourth-order valence-electron chi connectivity index (χ4n) is 12.2. The number of aromatic carboxylic acids is 1. The molecule has 0 radical (unpaired) electrons. The Morgan fingerprint density at radius 2 is 0.768 bits per heavy atom. The molecule has 0 unspecified atom stereocenters. The van der Waals surface area contributed by atoms with Gasteiger partial charge in [0.2, 0.25) is 0 Å². The summed E-state index contributed by atoms with van der Waals surface area (Å²) < 4.78 is 26.4. The van der Waals surface area contributed by atoms with Gasteiger partial charge < -0.3 is 46.1 Å². The Hall–Kier alpha value is -12.4. The zero-order chi connectivity index (χ0) is 98.8. The zero-order valence-corrected chi connectivity index (χ0v) is 88.2. The number of amides is 1. The summed E-state index contributed by atoms with van der Waals surface area (Å²) in [6.07, 6.45) is 35.9. The number of halogens is 5. The molecule has 0 bridgehead atoms. The van der Waals surface area contributed by atoms with Crippen LogP contribution in [0.2, 0.25) is 19.6 Å². The number of rotatable bonds is 17. The van der Waals surface area contributed by atoms with E-state index in [9.17, 15) is 24.0 Å². The number of aliphatic hydroxyl groups is 2. The van der Waals surface area contributed by atoms with Crippen molar-refractivity contribution in [2.45, 2.75) is 92.8 Å². The normalized spacial score (nSPS) is 10.2. The molecule has 0 atom stereocenters. The Bertz CT molecular complexity index is 7050. The second-order valence-electron chi connectivity index (χ2n) is 30.0. The van der Waals surface area contributed by atoms with Crippen LogP contribution in [-0.4, -0.2) is 194 Å². The molecule has 12 aromatic heterocycles. The molecule has 0 fully saturated rings. The van der Waals surface area contributed by atoms with E-state index in [0.717, 1.165) is 142 Å². The van der Waals surface area contributed by atoms with Gasteiger partial charge in [-0.3, -0.25) is 4.79 Å². The van der Waals surface area contributed by atoms with Crippen molar-refractivity contribution in [3.63, 3.8) is 0 Å². The number of carbonyl (C=O) groups is 5. The van der Waals surface area contributed by atoms with Crippen LogP contribution in [0, 0.1) is 74.3 Å². The number of benzene rings is 5. The summed E-state index contributed by atoms with van der Waals surface area (Å²) in [6, 6.07) is 49.8. The van der Waals surface area contributed by atoms with E-state index in [0.29, 0.717) is 45.7 Å². The summed E-state index contributed by atoms with van der Waals surface area (Å²) in [7, 11) is 3.03. The number of carboxylic acid groups (broad SMARTS) is 1. The minimum absolute atomic E-state index is 0. The second-order valence-corrected chi connectivity index (χ2v) is 52.1. The topological polar surface area (TPSA) is 423 Å². The molecule has 5 aromatic carbocycles. The SMILES string of the molecule is BrP(Br)Br.Brc1cnc2cccnn12.C#C[Si](C)(C)C.C#Cc1cnc2cccnn12.COC(=O)c1ccc(C)c(C#Cc2cnc3cccnn23)c1.COC(=O)c1ccc(C)c(CCc2cnc3cccnn23)c1.COC(=O)c1ccc(C)c(I)c1.Cc1ccc(C(=O)NCCO)cc1CCc1cnc2cccnn12.Cc1ccc(C(=O)O)cc1CCc1cnc2cccnn12.NCCO.[Li+].[OH-]. The van der Waals surface area contributed by atoms with Gasteiger partial charge in [0.15, 0.2) is 33.9 Å². The van der Waals surface area contributed by atoms with Crippen molar-refractivity contribution in [2.24, 2.45) is 5.73 Å². The van der Waals surface area contributed by atoms with Crippen LogP contribution in [0.25, 0.3) is 33.9 Å². The number of nitrogens with two attached hydrogens (primary N) is 1. The number of carbonyl (C=O) groups excluding carboxylic acids is 4. The third-order valence-corrected chi connectivity index (χ3v) is 22.0. The van der Waals surface area contributed by atoms with E-state index in [-0.39, 0.29) is 71.9 Å². The molecule has 40 heteroatoms. The average Bonchev–Trinajstić information content (AvgIpc) is 1.70. The maximum absolute atomic E-state index is 12.0. The van der Waals surface area contributed by atoms with Gasteiger partial charge in [-0.05, 0) is 348 Å². The predicted octanol–water partition coefficient (Wildman–Crippen LogP) is 14.1. The number of hydrogen-bond acceptors (Lipinski definition) is 24. The van der Waals surface area contributed by atoms with E-state index in [1.54, 1.807) is 112 Å². The maximum atomic E-state index is 12.0. The number of ether oxygens (including phenoxy) is 3. The number of hydrogen-bond donors (Lipinski definition) is 5. The zero-order valence-electron chi connectivity index (χ0n) is 77.8. The number of fused-ring (bicyclic) bond motifs is 6. The van der Waals surface area contributed by atoms with Crippen molar-refractivity contribution in [1.29, 1.82) is 0 Å². The second kappa shape index (κ2) is 59.0. The fourth-order valence-corrected chi connectivity index (χ4v) is 13.1. The van der Waals surface area contributed by atoms with Crippen LogP contribution < -0.4 is 29.9 Å². The van der Waals surface area contributed by atoms with Crippen molar-refractivity contribution in [3.8, 4) is 36.2 Å². The maximum Gasteiger partial charge on any atom is 1.00 e. The number of esters is 3. The van der Waals surface area contributed by atoms with Crippen LogP contribution in [0.4, 0.5) is 0 Å². The number of aliphatic hydroxyl groups excluding tert-OH is 2. The molecule has 0 saturated carbocycles. The van der Waals surface area contributed by atoms with Gasteiger partial charge in [-0.15, -0.1) is 18.4 Å². The Morgan fingerprint density at radius 1 is 0.449 bits per heavy atom. The molecular formula is C98H101Br4ILiN20O12PSi. The van der Waals surface area contributed by atoms with E-state index < -0.39 is 14.0 Å². The van der Waals surface area contributed by atoms with Crippen molar-refractivity contribution >= 4 is 161 Å². The Morgan fingerprint density at radius 3 is 1.14 bits per heavy atom. The quantitative estimate of drug-likeness (QED) is 0.0141. The molecule has 0 saturated heterocycles. The number of nitrogens with zero attached hydrogens (tertiary/aromatic N) is 18. The van der Waals surface area contributed by atoms with Gasteiger partial charge in [-0.25, -0.2) is 76.2 Å². The van der Waals surface area contributed by atoms with Crippen molar-refractivity contribution in [1.82, 2.24) is 92.9 Å². The molecule has 0 aliphatic carbocycles. The minimum Gasteiger partial charge on any atom is -0.870 e. The summed E-state index contributed by atoms with van der Waals surface area (Å²) >= 11 is 15.0. The number of aryl methyl sites for hydroxylation is 11. The largest absolute Gasteiger partial charge is 1.00 e. The van der Waals surface area contributed by atoms with E-state index >= 15 is 0 Å². The van der Waals surface area contributed by atoms with Crippen LogP contribution in [-0.2, 0) is 52.7 Å². The van der Waals surface area contributed by atoms with Crippen LogP contribution >= 0.6 is 89.0 Å². The fraction of sp³-hybridized carbons (Fsp3) is 0.214. The predicted molar refractivity (Wildman–Crippen MR) is 555 cm³/mol. The molecule has 12 heterocycles. The minimum atomic E-state index is -1.10. The first-order chi connectivity index (χ1) is 65.4. The van der Waals surface area contributed by atoms with E-state index in [4.69, 9.17) is 43.4 Å². The Kier molecular flexibility index (Phi) is 48.9. The number of carboxylic acids is 1. The Labute approximate surface area is 859 Å². The van der Waals surface area contributed by atoms with Gasteiger partial charge in [0.05, 0.1) is 111 Å². The monoisotopic (exact) mass is 2260 g/mol. The molecule has 1 amide bonds. The van der Waals surface area contributed by atoms with Gasteiger partial charge in [0, 0.05) is 65.0 Å². The van der Waals surface area contributed by atoms with Crippen LogP contribution in [0.3, 0.4) is 0 Å². The molecule has 7 N–H and O–H groups in total. The van der Waals surface area contributed by atoms with Crippen LogP contribution in [0.15, 0.2) is 243 Å². The molecule has 32 nitrogen and oxygen atoms in total. The standard InChI is InChI=1S/C18H20N4O2.C17H17N3O2.C17H13N3O2.C16H15N3O2.C9H9IO2.C8H5N3.C6H4BrN3.C5H10Si.C2H7NO.Br3P.Li.H2O/c1-13-4-5-15(18(24)19-9-10-23)11-14(13)6-7-16-12-20-17-3-2-8-21-22(16)17;2*1-12-5-6-14(17(21)22-2)10-13(12)7-8-15-11-18-16-4-3-9-19-20(15)16;1-11-4-5-13(16(20)21)9-12(11)6-7-14-10-17-15-3-2-8-18-19(14)15;1-6-3-4-7(5-8(6)10)9(11)12-2;1-2-7-6-9-8-4-3-5-10-11(7)8;7-5-4-8-6-2-1-3-9-10(5)6;1-5-6(2,3)4;3-1-2-4;1-4(2)3;;/h2-5,8,11-12,23H,6-7,9-10H2,1H3,(H,19,24);3-6,9-11H,7-8H2,1-2H3;3-6,9-11H,1-2H3;2-5,8-10H,6-7H2,1H3,(H,20,21);3-5H,1-2H3;1,3-6H;1-4H;1H,2-4H3;4H,1-3H2;;;1H2/q;;;;;;;;;;+1;/p-1. The summed E-state index contributed by atoms with van der Waals surface area (Å²) in [4.78, 5) is 82.7. The first-order valence-electron chi connectivity index (χ1n) is 41.8. The van der Waals surface area contributed by atoms with Crippen LogP contribution in [0.5, 0.6) is 0 Å². The van der Waals surface area contributed by atoms with Crippen molar-refractivity contribution in [3.05, 3.63) is 353 Å².